The predicted molar refractivity (Wildman–Crippen MR) is 150 cm³/mol. The Labute approximate surface area is 249 Å². The Bertz CT molecular complexity index is 1790. The molecule has 0 bridgehead atoms. The highest BCUT2D eigenvalue weighted by atomic mass is 19.4. The van der Waals surface area contributed by atoms with Gasteiger partial charge >= 0.3 is 12.4 Å². The third kappa shape index (κ3) is 4.16. The molecule has 0 fully saturated rings. The number of benzene rings is 4. The van der Waals surface area contributed by atoms with Gasteiger partial charge in [-0.25, -0.2) is 9.80 Å². The van der Waals surface area contributed by atoms with Crippen molar-refractivity contribution in [2.75, 3.05) is 21.3 Å². The molecule has 45 heavy (non-hydrogen) atoms. The number of nitrogens with zero attached hydrogens (tertiary/aromatic N) is 2. The van der Waals surface area contributed by atoms with Crippen molar-refractivity contribution in [3.63, 3.8) is 0 Å². The lowest BCUT2D eigenvalue weighted by Crippen LogP contribution is -2.55. The van der Waals surface area contributed by atoms with Crippen molar-refractivity contribution in [2.24, 2.45) is 0 Å². The van der Waals surface area contributed by atoms with Gasteiger partial charge in [0, 0.05) is 11.4 Å². The molecular weight excluding hydrogens is 606 g/mol. The average Bonchev–Trinajstić information content (AvgIpc) is 3.36. The molecule has 0 saturated heterocycles. The van der Waals surface area contributed by atoms with E-state index in [4.69, 9.17) is 11.5 Å². The summed E-state index contributed by atoms with van der Waals surface area (Å²) in [6.07, 6.45) is -12.2. The fraction of sp³-hybridized carbons (Fsp3) is 0.0968. The van der Waals surface area contributed by atoms with E-state index < -0.39 is 74.8 Å². The minimum absolute atomic E-state index is 0.00214. The van der Waals surface area contributed by atoms with Crippen LogP contribution in [-0.4, -0.2) is 36.0 Å². The van der Waals surface area contributed by atoms with Crippen molar-refractivity contribution in [1.29, 1.82) is 0 Å². The number of anilines is 4. The maximum atomic E-state index is 15.0. The van der Waals surface area contributed by atoms with Gasteiger partial charge in [0.25, 0.3) is 23.6 Å². The van der Waals surface area contributed by atoms with Gasteiger partial charge in [0.05, 0.1) is 33.6 Å². The first kappa shape index (κ1) is 29.4. The minimum atomic E-state index is -6.08. The monoisotopic (exact) mass is 624 g/mol. The highest BCUT2D eigenvalue weighted by molar-refractivity contribution is 6.35. The van der Waals surface area contributed by atoms with Crippen LogP contribution in [0.3, 0.4) is 0 Å². The lowest BCUT2D eigenvalue weighted by Gasteiger charge is -2.38. The van der Waals surface area contributed by atoms with Gasteiger partial charge in [-0.3, -0.25) is 19.2 Å². The van der Waals surface area contributed by atoms with E-state index in [1.807, 2.05) is 0 Å². The second kappa shape index (κ2) is 9.67. The number of imide groups is 2. The van der Waals surface area contributed by atoms with E-state index in [-0.39, 0.29) is 22.7 Å². The van der Waals surface area contributed by atoms with Gasteiger partial charge in [-0.2, -0.15) is 26.3 Å². The van der Waals surface area contributed by atoms with Gasteiger partial charge in [-0.05, 0) is 83.9 Å². The zero-order chi connectivity index (χ0) is 32.6. The summed E-state index contributed by atoms with van der Waals surface area (Å²) in [6, 6.07) is 13.8. The number of hydrogen-bond acceptors (Lipinski definition) is 6. The van der Waals surface area contributed by atoms with E-state index >= 15 is 0 Å². The quantitative estimate of drug-likeness (QED) is 0.166. The number of alkyl halides is 6. The van der Waals surface area contributed by atoms with Crippen molar-refractivity contribution in [1.82, 2.24) is 0 Å². The SMILES string of the molecule is Nc1ccc(N2C(=O)c3ccc(C(c4ccc5c(c4)C(=O)N(c4ccc(N)cc4)C5=O)(C(F)(F)F)C(F)(F)F)cc3C2=O)cc1. The molecule has 0 spiro atoms. The first-order valence-corrected chi connectivity index (χ1v) is 13.0. The fourth-order valence-corrected chi connectivity index (χ4v) is 5.65. The van der Waals surface area contributed by atoms with E-state index in [1.165, 1.54) is 48.5 Å². The summed E-state index contributed by atoms with van der Waals surface area (Å²) in [5.74, 6) is -4.21. The summed E-state index contributed by atoms with van der Waals surface area (Å²) in [4.78, 5) is 53.8. The van der Waals surface area contributed by atoms with Crippen LogP contribution >= 0.6 is 0 Å². The van der Waals surface area contributed by atoms with Crippen LogP contribution in [0.4, 0.5) is 49.1 Å². The zero-order valence-electron chi connectivity index (χ0n) is 22.5. The molecule has 4 aromatic carbocycles. The molecule has 0 unspecified atom stereocenters. The summed E-state index contributed by atoms with van der Waals surface area (Å²) < 4.78 is 89.9. The summed E-state index contributed by atoms with van der Waals surface area (Å²) in [5, 5.41) is 0. The molecule has 228 valence electrons. The summed E-state index contributed by atoms with van der Waals surface area (Å²) in [6.45, 7) is 0. The summed E-state index contributed by atoms with van der Waals surface area (Å²) in [7, 11) is 0. The average molecular weight is 624 g/mol. The van der Waals surface area contributed by atoms with Crippen LogP contribution in [-0.2, 0) is 5.41 Å². The Morgan fingerprint density at radius 2 is 0.756 bits per heavy atom. The van der Waals surface area contributed by atoms with E-state index in [1.54, 1.807) is 0 Å². The van der Waals surface area contributed by atoms with Crippen LogP contribution in [0.15, 0.2) is 84.9 Å². The second-order valence-corrected chi connectivity index (χ2v) is 10.3. The molecule has 0 aliphatic carbocycles. The van der Waals surface area contributed by atoms with Crippen LogP contribution in [0.5, 0.6) is 0 Å². The summed E-state index contributed by atoms with van der Waals surface area (Å²) >= 11 is 0. The normalized spacial score (nSPS) is 15.2. The molecule has 8 nitrogen and oxygen atoms in total. The number of rotatable bonds is 4. The smallest absolute Gasteiger partial charge is 0.399 e. The first-order valence-electron chi connectivity index (χ1n) is 13.0. The molecule has 0 atom stereocenters. The van der Waals surface area contributed by atoms with Crippen LogP contribution in [0, 0.1) is 0 Å². The molecule has 0 aromatic heterocycles. The van der Waals surface area contributed by atoms with Crippen LogP contribution < -0.4 is 21.3 Å². The van der Waals surface area contributed by atoms with Gasteiger partial charge in [-0.1, -0.05) is 12.1 Å². The highest BCUT2D eigenvalue weighted by Crippen LogP contribution is 2.57. The third-order valence-corrected chi connectivity index (χ3v) is 7.79. The fourth-order valence-electron chi connectivity index (χ4n) is 5.65. The van der Waals surface area contributed by atoms with Gasteiger partial charge in [-0.15, -0.1) is 0 Å². The number of halogens is 6. The number of amides is 4. The lowest BCUT2D eigenvalue weighted by molar-refractivity contribution is -0.288. The molecule has 2 heterocycles. The van der Waals surface area contributed by atoms with Gasteiger partial charge in [0.2, 0.25) is 5.41 Å². The number of carbonyl (C=O) groups excluding carboxylic acids is 4. The topological polar surface area (TPSA) is 127 Å². The molecule has 6 rings (SSSR count). The number of carbonyl (C=O) groups is 4. The molecule has 0 saturated carbocycles. The number of nitrogens with two attached hydrogens (primary N) is 2. The van der Waals surface area contributed by atoms with Gasteiger partial charge in [0.1, 0.15) is 0 Å². The zero-order valence-corrected chi connectivity index (χ0v) is 22.5. The van der Waals surface area contributed by atoms with Crippen molar-refractivity contribution in [2.45, 2.75) is 17.8 Å². The molecule has 2 aliphatic heterocycles. The van der Waals surface area contributed by atoms with E-state index in [9.17, 15) is 45.5 Å². The molecule has 4 N–H and O–H groups in total. The van der Waals surface area contributed by atoms with Gasteiger partial charge < -0.3 is 11.5 Å². The standard InChI is InChI=1S/C31H18F6N4O4/c32-30(33,34)29(31(35,36)37,15-1-11-21-23(13-15)27(44)40(25(21)42)19-7-3-17(38)4-8-19)16-2-12-22-24(14-16)28(45)41(26(22)43)20-9-5-18(39)6-10-20/h1-14H,38-39H2. The Morgan fingerprint density at radius 3 is 1.07 bits per heavy atom. The summed E-state index contributed by atoms with van der Waals surface area (Å²) in [5.41, 5.74) is 2.01. The molecule has 14 heteroatoms. The number of fused-ring (bicyclic) bond motifs is 2. The lowest BCUT2D eigenvalue weighted by atomic mass is 9.71. The number of hydrogen-bond donors (Lipinski definition) is 2. The Kier molecular flexibility index (Phi) is 6.32. The van der Waals surface area contributed by atoms with Crippen LogP contribution in [0.25, 0.3) is 0 Å². The van der Waals surface area contributed by atoms with E-state index in [2.05, 4.69) is 0 Å². The number of nitrogen functional groups attached to an aromatic ring is 2. The maximum Gasteiger partial charge on any atom is 0.411 e. The van der Waals surface area contributed by atoms with Crippen molar-refractivity contribution in [3.05, 3.63) is 118 Å². The van der Waals surface area contributed by atoms with E-state index in [0.717, 1.165) is 12.1 Å². The van der Waals surface area contributed by atoms with Gasteiger partial charge in [0.15, 0.2) is 0 Å². The van der Waals surface area contributed by atoms with E-state index in [0.29, 0.717) is 34.1 Å². The molecule has 4 amide bonds. The van der Waals surface area contributed by atoms with Crippen molar-refractivity contribution in [3.8, 4) is 0 Å². The largest absolute Gasteiger partial charge is 0.411 e. The minimum Gasteiger partial charge on any atom is -0.399 e. The maximum absolute atomic E-state index is 15.0. The molecule has 0 radical (unpaired) electrons. The molecular formula is C31H18F6N4O4. The van der Waals surface area contributed by atoms with Crippen molar-refractivity contribution >= 4 is 46.4 Å². The molecule has 4 aromatic rings. The second-order valence-electron chi connectivity index (χ2n) is 10.3. The van der Waals surface area contributed by atoms with Crippen LogP contribution in [0.2, 0.25) is 0 Å². The molecule has 2 aliphatic rings. The van der Waals surface area contributed by atoms with Crippen LogP contribution in [0.1, 0.15) is 52.6 Å². The Morgan fingerprint density at radius 1 is 0.444 bits per heavy atom. The highest BCUT2D eigenvalue weighted by Gasteiger charge is 2.73. The predicted octanol–water partition coefficient (Wildman–Crippen LogP) is 5.86. The third-order valence-electron chi connectivity index (χ3n) is 7.79. The Hall–Kier alpha value is -5.66. The Balaban J connectivity index is 1.51. The van der Waals surface area contributed by atoms with Crippen molar-refractivity contribution < 1.29 is 45.5 Å². The first-order chi connectivity index (χ1) is 21.1.